The van der Waals surface area contributed by atoms with Gasteiger partial charge in [0.05, 0.1) is 18.1 Å². The van der Waals surface area contributed by atoms with Gasteiger partial charge in [0.15, 0.2) is 0 Å². The Morgan fingerprint density at radius 2 is 2.25 bits per heavy atom. The fourth-order valence-corrected chi connectivity index (χ4v) is 2.46. The molecule has 0 bridgehead atoms. The summed E-state index contributed by atoms with van der Waals surface area (Å²) in [5.74, 6) is 0. The molecular formula is C12H20N4. The molecule has 1 aromatic heterocycles. The summed E-state index contributed by atoms with van der Waals surface area (Å²) in [5.41, 5.74) is 7.24. The molecule has 0 radical (unpaired) electrons. The van der Waals surface area contributed by atoms with Crippen LogP contribution in [0.2, 0.25) is 0 Å². The number of likely N-dealkylation sites (N-methyl/N-ethyl adjacent to an activating group) is 1. The highest BCUT2D eigenvalue weighted by Crippen LogP contribution is 2.39. The molecule has 4 nitrogen and oxygen atoms in total. The molecule has 2 aliphatic carbocycles. The zero-order valence-corrected chi connectivity index (χ0v) is 9.84. The van der Waals surface area contributed by atoms with Crippen molar-refractivity contribution in [2.24, 2.45) is 5.73 Å². The lowest BCUT2D eigenvalue weighted by Gasteiger charge is -2.27. The first kappa shape index (κ1) is 10.3. The van der Waals surface area contributed by atoms with Crippen LogP contribution in [0, 0.1) is 0 Å². The Bertz CT molecular complexity index is 365. The van der Waals surface area contributed by atoms with Crippen molar-refractivity contribution in [2.75, 3.05) is 13.6 Å². The predicted molar refractivity (Wildman–Crippen MR) is 63.1 cm³/mol. The van der Waals surface area contributed by atoms with E-state index >= 15 is 0 Å². The van der Waals surface area contributed by atoms with Gasteiger partial charge in [-0.15, -0.1) is 0 Å². The van der Waals surface area contributed by atoms with Gasteiger partial charge in [-0.3, -0.25) is 4.90 Å². The molecule has 1 heterocycles. The zero-order valence-electron chi connectivity index (χ0n) is 9.84. The summed E-state index contributed by atoms with van der Waals surface area (Å²) in [4.78, 5) is 6.72. The van der Waals surface area contributed by atoms with Crippen molar-refractivity contribution in [3.63, 3.8) is 0 Å². The van der Waals surface area contributed by atoms with Gasteiger partial charge in [-0.2, -0.15) is 0 Å². The molecule has 1 atom stereocenters. The third kappa shape index (κ3) is 1.76. The molecule has 0 aliphatic heterocycles. The number of hydrogen-bond acceptors (Lipinski definition) is 3. The molecule has 1 aromatic rings. The molecule has 3 rings (SSSR count). The summed E-state index contributed by atoms with van der Waals surface area (Å²) in [6.45, 7) is 0.686. The van der Waals surface area contributed by atoms with E-state index in [0.29, 0.717) is 18.6 Å². The Kier molecular flexibility index (Phi) is 2.48. The van der Waals surface area contributed by atoms with Crippen molar-refractivity contribution in [3.05, 3.63) is 18.2 Å². The van der Waals surface area contributed by atoms with Crippen LogP contribution in [0.1, 0.15) is 43.5 Å². The van der Waals surface area contributed by atoms with Crippen LogP contribution < -0.4 is 5.73 Å². The van der Waals surface area contributed by atoms with Gasteiger partial charge < -0.3 is 10.3 Å². The van der Waals surface area contributed by atoms with Crippen molar-refractivity contribution in [3.8, 4) is 0 Å². The Morgan fingerprint density at radius 1 is 1.50 bits per heavy atom. The van der Waals surface area contributed by atoms with E-state index in [2.05, 4.69) is 21.5 Å². The van der Waals surface area contributed by atoms with Crippen molar-refractivity contribution < 1.29 is 0 Å². The molecule has 4 heteroatoms. The number of hydrogen-bond donors (Lipinski definition) is 1. The van der Waals surface area contributed by atoms with Crippen LogP contribution >= 0.6 is 0 Å². The highest BCUT2D eigenvalue weighted by atomic mass is 15.2. The van der Waals surface area contributed by atoms with Crippen molar-refractivity contribution in [1.29, 1.82) is 0 Å². The third-order valence-electron chi connectivity index (χ3n) is 3.82. The standard InChI is InChI=1S/C12H20N4/c1-15(9-2-3-9)11(6-13)12-7-14-8-16(12)10-4-5-10/h7-11H,2-6,13H2,1H3. The lowest BCUT2D eigenvalue weighted by atomic mass is 10.2. The number of imidazole rings is 1. The van der Waals surface area contributed by atoms with Gasteiger partial charge in [-0.05, 0) is 32.7 Å². The van der Waals surface area contributed by atoms with Gasteiger partial charge in [0.25, 0.3) is 0 Å². The largest absolute Gasteiger partial charge is 0.330 e. The molecule has 0 spiro atoms. The number of rotatable bonds is 5. The fraction of sp³-hybridized carbons (Fsp3) is 0.750. The minimum absolute atomic E-state index is 0.343. The molecule has 88 valence electrons. The van der Waals surface area contributed by atoms with E-state index < -0.39 is 0 Å². The Balaban J connectivity index is 1.83. The van der Waals surface area contributed by atoms with Crippen molar-refractivity contribution in [1.82, 2.24) is 14.5 Å². The maximum Gasteiger partial charge on any atom is 0.0951 e. The molecule has 1 unspecified atom stereocenters. The zero-order chi connectivity index (χ0) is 11.1. The summed E-state index contributed by atoms with van der Waals surface area (Å²) in [6.07, 6.45) is 9.21. The van der Waals surface area contributed by atoms with Crippen LogP contribution in [-0.2, 0) is 0 Å². The number of aromatic nitrogens is 2. The van der Waals surface area contributed by atoms with Crippen LogP contribution in [0.5, 0.6) is 0 Å². The Morgan fingerprint density at radius 3 is 2.81 bits per heavy atom. The summed E-state index contributed by atoms with van der Waals surface area (Å²) in [6, 6.07) is 1.78. The molecule has 2 N–H and O–H groups in total. The van der Waals surface area contributed by atoms with Gasteiger partial charge >= 0.3 is 0 Å². The van der Waals surface area contributed by atoms with E-state index in [1.807, 2.05) is 12.5 Å². The van der Waals surface area contributed by atoms with E-state index in [4.69, 9.17) is 5.73 Å². The monoisotopic (exact) mass is 220 g/mol. The minimum atomic E-state index is 0.343. The SMILES string of the molecule is CN(C1CC1)C(CN)c1cncn1C1CC1. The van der Waals surface area contributed by atoms with E-state index in [1.165, 1.54) is 31.4 Å². The van der Waals surface area contributed by atoms with Crippen LogP contribution in [0.15, 0.2) is 12.5 Å². The minimum Gasteiger partial charge on any atom is -0.330 e. The Labute approximate surface area is 96.4 Å². The maximum absolute atomic E-state index is 5.94. The topological polar surface area (TPSA) is 47.1 Å². The van der Waals surface area contributed by atoms with Crippen LogP contribution in [0.4, 0.5) is 0 Å². The first-order chi connectivity index (χ1) is 7.81. The smallest absolute Gasteiger partial charge is 0.0951 e. The van der Waals surface area contributed by atoms with Gasteiger partial charge in [-0.25, -0.2) is 4.98 Å². The predicted octanol–water partition coefficient (Wildman–Crippen LogP) is 1.31. The highest BCUT2D eigenvalue weighted by Gasteiger charge is 2.34. The van der Waals surface area contributed by atoms with Crippen molar-refractivity contribution in [2.45, 2.75) is 43.8 Å². The lowest BCUT2D eigenvalue weighted by molar-refractivity contribution is 0.230. The van der Waals surface area contributed by atoms with Crippen LogP contribution in [-0.4, -0.2) is 34.1 Å². The quantitative estimate of drug-likeness (QED) is 0.814. The normalized spacial score (nSPS) is 22.7. The van der Waals surface area contributed by atoms with E-state index in [-0.39, 0.29) is 0 Å². The second-order valence-corrected chi connectivity index (χ2v) is 5.11. The molecule has 0 saturated heterocycles. The second-order valence-electron chi connectivity index (χ2n) is 5.11. The van der Waals surface area contributed by atoms with E-state index in [1.54, 1.807) is 0 Å². The summed E-state index contributed by atoms with van der Waals surface area (Å²) < 4.78 is 2.33. The van der Waals surface area contributed by atoms with Gasteiger partial charge in [-0.1, -0.05) is 0 Å². The molecule has 0 amide bonds. The molecule has 2 aliphatic rings. The van der Waals surface area contributed by atoms with E-state index in [0.717, 1.165) is 6.04 Å². The molecule has 2 fully saturated rings. The third-order valence-corrected chi connectivity index (χ3v) is 3.82. The summed E-state index contributed by atoms with van der Waals surface area (Å²) in [7, 11) is 2.19. The van der Waals surface area contributed by atoms with Gasteiger partial charge in [0.1, 0.15) is 0 Å². The van der Waals surface area contributed by atoms with Crippen LogP contribution in [0.25, 0.3) is 0 Å². The average Bonchev–Trinajstić information content (AvgIpc) is 3.19. The van der Waals surface area contributed by atoms with Gasteiger partial charge in [0, 0.05) is 24.8 Å². The first-order valence-electron chi connectivity index (χ1n) is 6.25. The second kappa shape index (κ2) is 3.86. The fourth-order valence-electron chi connectivity index (χ4n) is 2.46. The number of nitrogens with two attached hydrogens (primary N) is 1. The summed E-state index contributed by atoms with van der Waals surface area (Å²) in [5, 5.41) is 0. The van der Waals surface area contributed by atoms with Crippen LogP contribution in [0.3, 0.4) is 0 Å². The molecule has 0 aromatic carbocycles. The highest BCUT2D eigenvalue weighted by molar-refractivity contribution is 5.11. The molecule has 16 heavy (non-hydrogen) atoms. The molecular weight excluding hydrogens is 200 g/mol. The average molecular weight is 220 g/mol. The maximum atomic E-state index is 5.94. The van der Waals surface area contributed by atoms with Crippen molar-refractivity contribution >= 4 is 0 Å². The summed E-state index contributed by atoms with van der Waals surface area (Å²) >= 11 is 0. The molecule has 2 saturated carbocycles. The lowest BCUT2D eigenvalue weighted by Crippen LogP contribution is -2.33. The first-order valence-corrected chi connectivity index (χ1v) is 6.25. The Hall–Kier alpha value is -0.870. The van der Waals surface area contributed by atoms with Gasteiger partial charge in [0.2, 0.25) is 0 Å². The van der Waals surface area contributed by atoms with E-state index in [9.17, 15) is 0 Å². The number of nitrogens with zero attached hydrogens (tertiary/aromatic N) is 3.